The topological polar surface area (TPSA) is 18.5 Å². The first-order valence-corrected chi connectivity index (χ1v) is 5.35. The second kappa shape index (κ2) is 4.97. The molecule has 0 saturated carbocycles. The van der Waals surface area contributed by atoms with Gasteiger partial charge < -0.3 is 9.47 Å². The molecule has 0 aromatic rings. The van der Waals surface area contributed by atoms with E-state index in [4.69, 9.17) is 9.47 Å². The molecule has 0 amide bonds. The molecule has 1 rings (SSSR count). The first kappa shape index (κ1) is 11.0. The molecular formula is C11H22O2. The van der Waals surface area contributed by atoms with E-state index in [9.17, 15) is 0 Å². The molecule has 0 aliphatic carbocycles. The van der Waals surface area contributed by atoms with Gasteiger partial charge in [0.25, 0.3) is 0 Å². The van der Waals surface area contributed by atoms with Crippen molar-refractivity contribution in [1.29, 1.82) is 0 Å². The van der Waals surface area contributed by atoms with E-state index in [0.717, 1.165) is 18.3 Å². The lowest BCUT2D eigenvalue weighted by Gasteiger charge is -2.35. The highest BCUT2D eigenvalue weighted by molar-refractivity contribution is 4.74. The standard InChI is InChI=1S/C11H22O2/c1-5-8(2)10-6-9(3)13-11(7-10)12-4/h8-11H,5-7H2,1-4H3/t8?,9-,10+,11-/m1/s1. The number of ether oxygens (including phenoxy) is 2. The maximum absolute atomic E-state index is 5.64. The Balaban J connectivity index is 2.46. The summed E-state index contributed by atoms with van der Waals surface area (Å²) in [5, 5.41) is 0. The molecule has 1 heterocycles. The van der Waals surface area contributed by atoms with E-state index in [1.807, 2.05) is 0 Å². The Hall–Kier alpha value is -0.0800. The van der Waals surface area contributed by atoms with Crippen LogP contribution in [0.3, 0.4) is 0 Å². The Morgan fingerprint density at radius 3 is 2.69 bits per heavy atom. The molecule has 0 N–H and O–H groups in total. The average molecular weight is 186 g/mol. The highest BCUT2D eigenvalue weighted by Crippen LogP contribution is 2.32. The molecule has 1 saturated heterocycles. The molecule has 0 aromatic heterocycles. The van der Waals surface area contributed by atoms with Crippen LogP contribution in [0.1, 0.15) is 40.0 Å². The summed E-state index contributed by atoms with van der Waals surface area (Å²) in [4.78, 5) is 0. The highest BCUT2D eigenvalue weighted by atomic mass is 16.7. The van der Waals surface area contributed by atoms with Crippen LogP contribution in [0.25, 0.3) is 0 Å². The molecule has 13 heavy (non-hydrogen) atoms. The van der Waals surface area contributed by atoms with E-state index in [-0.39, 0.29) is 6.29 Å². The van der Waals surface area contributed by atoms with Gasteiger partial charge in [0.15, 0.2) is 6.29 Å². The molecule has 1 aliphatic rings. The van der Waals surface area contributed by atoms with Crippen molar-refractivity contribution in [3.63, 3.8) is 0 Å². The Morgan fingerprint density at radius 1 is 1.46 bits per heavy atom. The minimum atomic E-state index is 0.0303. The normalized spacial score (nSPS) is 37.4. The van der Waals surface area contributed by atoms with Crippen molar-refractivity contribution in [3.05, 3.63) is 0 Å². The van der Waals surface area contributed by atoms with Crippen LogP contribution in [0, 0.1) is 11.8 Å². The van der Waals surface area contributed by atoms with Gasteiger partial charge in [-0.1, -0.05) is 20.3 Å². The molecule has 0 spiro atoms. The fraction of sp³-hybridized carbons (Fsp3) is 1.00. The van der Waals surface area contributed by atoms with Gasteiger partial charge >= 0.3 is 0 Å². The van der Waals surface area contributed by atoms with Crippen molar-refractivity contribution in [2.45, 2.75) is 52.4 Å². The maximum Gasteiger partial charge on any atom is 0.157 e. The molecule has 78 valence electrons. The first-order chi connectivity index (χ1) is 6.17. The summed E-state index contributed by atoms with van der Waals surface area (Å²) in [5.74, 6) is 1.57. The summed E-state index contributed by atoms with van der Waals surface area (Å²) in [7, 11) is 1.73. The Kier molecular flexibility index (Phi) is 4.20. The minimum Gasteiger partial charge on any atom is -0.356 e. The van der Waals surface area contributed by atoms with E-state index in [1.54, 1.807) is 7.11 Å². The summed E-state index contributed by atoms with van der Waals surface area (Å²) >= 11 is 0. The molecule has 2 heteroatoms. The van der Waals surface area contributed by atoms with Gasteiger partial charge in [-0.05, 0) is 25.2 Å². The van der Waals surface area contributed by atoms with Gasteiger partial charge in [-0.3, -0.25) is 0 Å². The highest BCUT2D eigenvalue weighted by Gasteiger charge is 2.29. The SMILES string of the molecule is CCC(C)[C@@H]1C[C@H](OC)O[C@H](C)C1. The Morgan fingerprint density at radius 2 is 2.15 bits per heavy atom. The van der Waals surface area contributed by atoms with Crippen LogP contribution < -0.4 is 0 Å². The van der Waals surface area contributed by atoms with Gasteiger partial charge in [0.1, 0.15) is 0 Å². The zero-order chi connectivity index (χ0) is 9.84. The first-order valence-electron chi connectivity index (χ1n) is 5.35. The third-order valence-corrected chi connectivity index (χ3v) is 3.23. The largest absolute Gasteiger partial charge is 0.356 e. The zero-order valence-corrected chi connectivity index (χ0v) is 9.25. The summed E-state index contributed by atoms with van der Waals surface area (Å²) in [6.45, 7) is 6.72. The van der Waals surface area contributed by atoms with Crippen molar-refractivity contribution >= 4 is 0 Å². The number of methoxy groups -OCH3 is 1. The maximum atomic E-state index is 5.64. The fourth-order valence-corrected chi connectivity index (χ4v) is 2.09. The molecular weight excluding hydrogens is 164 g/mol. The molecule has 0 bridgehead atoms. The van der Waals surface area contributed by atoms with E-state index in [0.29, 0.717) is 6.10 Å². The Bertz CT molecular complexity index is 147. The monoisotopic (exact) mass is 186 g/mol. The predicted molar refractivity (Wildman–Crippen MR) is 53.5 cm³/mol. The van der Waals surface area contributed by atoms with Crippen LogP contribution in [-0.2, 0) is 9.47 Å². The third kappa shape index (κ3) is 2.96. The number of hydrogen-bond acceptors (Lipinski definition) is 2. The van der Waals surface area contributed by atoms with Crippen LogP contribution in [0.5, 0.6) is 0 Å². The van der Waals surface area contributed by atoms with E-state index in [2.05, 4.69) is 20.8 Å². The van der Waals surface area contributed by atoms with Gasteiger partial charge in [0.05, 0.1) is 6.10 Å². The fourth-order valence-electron chi connectivity index (χ4n) is 2.09. The smallest absolute Gasteiger partial charge is 0.157 e. The van der Waals surface area contributed by atoms with Crippen LogP contribution in [-0.4, -0.2) is 19.5 Å². The second-order valence-electron chi connectivity index (χ2n) is 4.23. The van der Waals surface area contributed by atoms with Crippen LogP contribution >= 0.6 is 0 Å². The molecule has 1 fully saturated rings. The second-order valence-corrected chi connectivity index (χ2v) is 4.23. The number of rotatable bonds is 3. The molecule has 0 aromatic carbocycles. The van der Waals surface area contributed by atoms with Crippen LogP contribution in [0.2, 0.25) is 0 Å². The van der Waals surface area contributed by atoms with E-state index >= 15 is 0 Å². The van der Waals surface area contributed by atoms with E-state index in [1.165, 1.54) is 12.8 Å². The summed E-state index contributed by atoms with van der Waals surface area (Å²) in [5.41, 5.74) is 0. The minimum absolute atomic E-state index is 0.0303. The molecule has 0 radical (unpaired) electrons. The summed E-state index contributed by atoms with van der Waals surface area (Å²) in [6.07, 6.45) is 3.90. The number of hydrogen-bond donors (Lipinski definition) is 0. The van der Waals surface area contributed by atoms with E-state index < -0.39 is 0 Å². The third-order valence-electron chi connectivity index (χ3n) is 3.23. The van der Waals surface area contributed by atoms with Crippen molar-refractivity contribution in [2.75, 3.05) is 7.11 Å². The molecule has 4 atom stereocenters. The van der Waals surface area contributed by atoms with Crippen LogP contribution in [0.4, 0.5) is 0 Å². The quantitative estimate of drug-likeness (QED) is 0.674. The van der Waals surface area contributed by atoms with Crippen LogP contribution in [0.15, 0.2) is 0 Å². The zero-order valence-electron chi connectivity index (χ0n) is 9.25. The van der Waals surface area contributed by atoms with Crippen molar-refractivity contribution < 1.29 is 9.47 Å². The Labute approximate surface area is 81.6 Å². The molecule has 1 unspecified atom stereocenters. The lowest BCUT2D eigenvalue weighted by Crippen LogP contribution is -2.34. The van der Waals surface area contributed by atoms with Gasteiger partial charge in [0, 0.05) is 13.5 Å². The van der Waals surface area contributed by atoms with Gasteiger partial charge in [-0.25, -0.2) is 0 Å². The molecule has 1 aliphatic heterocycles. The van der Waals surface area contributed by atoms with Gasteiger partial charge in [-0.2, -0.15) is 0 Å². The summed E-state index contributed by atoms with van der Waals surface area (Å²) < 4.78 is 10.9. The predicted octanol–water partition coefficient (Wildman–Crippen LogP) is 2.82. The van der Waals surface area contributed by atoms with Gasteiger partial charge in [-0.15, -0.1) is 0 Å². The lowest BCUT2D eigenvalue weighted by atomic mass is 9.83. The van der Waals surface area contributed by atoms with Crippen molar-refractivity contribution in [3.8, 4) is 0 Å². The average Bonchev–Trinajstić information content (AvgIpc) is 2.15. The van der Waals surface area contributed by atoms with Crippen molar-refractivity contribution in [2.24, 2.45) is 11.8 Å². The lowest BCUT2D eigenvalue weighted by molar-refractivity contribution is -0.192. The van der Waals surface area contributed by atoms with Crippen molar-refractivity contribution in [1.82, 2.24) is 0 Å². The summed E-state index contributed by atoms with van der Waals surface area (Å²) in [6, 6.07) is 0. The van der Waals surface area contributed by atoms with Gasteiger partial charge in [0.2, 0.25) is 0 Å². The molecule has 2 nitrogen and oxygen atoms in total.